The molecule has 1 saturated carbocycles. The molecule has 3 heterocycles. The molecule has 3 aromatic carbocycles. The van der Waals surface area contributed by atoms with Gasteiger partial charge in [0.15, 0.2) is 0 Å². The first-order valence-electron chi connectivity index (χ1n) is 18.7. The molecule has 0 spiro atoms. The van der Waals surface area contributed by atoms with E-state index in [2.05, 4.69) is 28.9 Å². The van der Waals surface area contributed by atoms with E-state index in [1.165, 1.54) is 12.0 Å². The summed E-state index contributed by atoms with van der Waals surface area (Å²) in [4.78, 5) is 42.2. The minimum Gasteiger partial charge on any atom is -0.489 e. The van der Waals surface area contributed by atoms with Crippen LogP contribution >= 0.6 is 0 Å². The third kappa shape index (κ3) is 7.58. The van der Waals surface area contributed by atoms with E-state index < -0.39 is 5.97 Å². The van der Waals surface area contributed by atoms with Gasteiger partial charge in [0.25, 0.3) is 0 Å². The lowest BCUT2D eigenvalue weighted by Crippen LogP contribution is -2.37. The van der Waals surface area contributed by atoms with Crippen LogP contribution in [0.1, 0.15) is 78.8 Å². The lowest BCUT2D eigenvalue weighted by atomic mass is 9.82. The van der Waals surface area contributed by atoms with Gasteiger partial charge < -0.3 is 34.3 Å². The standard InChI is InChI=1S/C42H48N4O6/c1-2-3-19-43-38(47)27-46-37-26-31(42(49)50)13-17-35(37)40(29-8-5-4-6-9-29)41(46)30-11-15-34(16-12-30)52-28-32-25-33(45-20-7-10-39(45)48)14-18-36(32)44-21-23-51-24-22-44/h2,11-18,25-26,29H,1,3-10,19-24,27-28H2,(H,43,47)(H,49,50). The summed E-state index contributed by atoms with van der Waals surface area (Å²) in [6, 6.07) is 19.6. The maximum Gasteiger partial charge on any atom is 0.335 e. The number of carboxylic acids is 1. The fourth-order valence-corrected chi connectivity index (χ4v) is 8.06. The number of carbonyl (C=O) groups excluding carboxylic acids is 2. The van der Waals surface area contributed by atoms with Gasteiger partial charge in [0.05, 0.1) is 30.0 Å². The number of morpholine rings is 1. The van der Waals surface area contributed by atoms with Crippen LogP contribution in [0.25, 0.3) is 22.2 Å². The Morgan fingerprint density at radius 1 is 0.962 bits per heavy atom. The Kier molecular flexibility index (Phi) is 10.9. The molecule has 2 saturated heterocycles. The van der Waals surface area contributed by atoms with Crippen molar-refractivity contribution in [2.45, 2.75) is 70.4 Å². The largest absolute Gasteiger partial charge is 0.489 e. The quantitative estimate of drug-likeness (QED) is 0.111. The van der Waals surface area contributed by atoms with Crippen LogP contribution in [0.2, 0.25) is 0 Å². The molecule has 52 heavy (non-hydrogen) atoms. The van der Waals surface area contributed by atoms with E-state index >= 15 is 0 Å². The monoisotopic (exact) mass is 704 g/mol. The summed E-state index contributed by atoms with van der Waals surface area (Å²) in [7, 11) is 0. The van der Waals surface area contributed by atoms with Crippen LogP contribution in [0.15, 0.2) is 73.3 Å². The molecule has 2 aliphatic heterocycles. The molecule has 10 nitrogen and oxygen atoms in total. The normalized spacial score (nSPS) is 16.7. The number of ether oxygens (including phenoxy) is 2. The van der Waals surface area contributed by atoms with Crippen LogP contribution in [-0.2, 0) is 27.5 Å². The van der Waals surface area contributed by atoms with Crippen LogP contribution < -0.4 is 19.9 Å². The number of nitrogens with one attached hydrogen (secondary N) is 1. The number of benzene rings is 3. The summed E-state index contributed by atoms with van der Waals surface area (Å²) in [5.41, 5.74) is 7.03. The van der Waals surface area contributed by atoms with Crippen molar-refractivity contribution in [1.82, 2.24) is 9.88 Å². The molecular weight excluding hydrogens is 656 g/mol. The van der Waals surface area contributed by atoms with Crippen molar-refractivity contribution in [2.75, 3.05) is 49.2 Å². The van der Waals surface area contributed by atoms with E-state index in [0.29, 0.717) is 50.9 Å². The third-order valence-electron chi connectivity index (χ3n) is 10.7. The Bertz CT molecular complexity index is 1940. The summed E-state index contributed by atoms with van der Waals surface area (Å²) in [6.07, 6.45) is 9.45. The zero-order valence-corrected chi connectivity index (χ0v) is 29.8. The van der Waals surface area contributed by atoms with E-state index in [1.807, 2.05) is 45.9 Å². The molecule has 7 rings (SSSR count). The number of aromatic nitrogens is 1. The van der Waals surface area contributed by atoms with Crippen molar-refractivity contribution in [3.8, 4) is 17.0 Å². The summed E-state index contributed by atoms with van der Waals surface area (Å²) in [5, 5.41) is 13.9. The highest BCUT2D eigenvalue weighted by atomic mass is 16.5. The van der Waals surface area contributed by atoms with Gasteiger partial charge in [0, 0.05) is 54.9 Å². The predicted molar refractivity (Wildman–Crippen MR) is 203 cm³/mol. The van der Waals surface area contributed by atoms with Gasteiger partial charge in [-0.1, -0.05) is 31.4 Å². The number of aromatic carboxylic acids is 1. The first-order valence-corrected chi connectivity index (χ1v) is 18.7. The summed E-state index contributed by atoms with van der Waals surface area (Å²) >= 11 is 0. The topological polar surface area (TPSA) is 113 Å². The first kappa shape index (κ1) is 35.3. The van der Waals surface area contributed by atoms with Crippen LogP contribution in [-0.4, -0.2) is 66.9 Å². The molecule has 3 fully saturated rings. The highest BCUT2D eigenvalue weighted by molar-refractivity contribution is 5.99. The Balaban J connectivity index is 1.23. The molecule has 4 aromatic rings. The van der Waals surface area contributed by atoms with Gasteiger partial charge in [-0.15, -0.1) is 6.58 Å². The molecule has 2 amide bonds. The second kappa shape index (κ2) is 16.1. The maximum atomic E-state index is 13.3. The summed E-state index contributed by atoms with van der Waals surface area (Å²) in [5.74, 6) is 0.0272. The van der Waals surface area contributed by atoms with Crippen molar-refractivity contribution in [3.63, 3.8) is 0 Å². The molecule has 272 valence electrons. The predicted octanol–water partition coefficient (Wildman–Crippen LogP) is 7.29. The van der Waals surface area contributed by atoms with Crippen molar-refractivity contribution in [2.24, 2.45) is 0 Å². The van der Waals surface area contributed by atoms with E-state index in [0.717, 1.165) is 90.8 Å². The van der Waals surface area contributed by atoms with Crippen LogP contribution in [0, 0.1) is 0 Å². The number of carboxylic acid groups (broad SMARTS) is 1. The van der Waals surface area contributed by atoms with E-state index in [9.17, 15) is 19.5 Å². The minimum absolute atomic E-state index is 0.0667. The SMILES string of the molecule is C=CCCNC(=O)Cn1c(-c2ccc(OCc3cc(N4CCCC4=O)ccc3N3CCOCC3)cc2)c(C2CCCCC2)c2ccc(C(=O)O)cc21. The molecule has 0 radical (unpaired) electrons. The molecule has 0 unspecified atom stereocenters. The Hall–Kier alpha value is -5.09. The van der Waals surface area contributed by atoms with Gasteiger partial charge in [-0.3, -0.25) is 9.59 Å². The summed E-state index contributed by atoms with van der Waals surface area (Å²) < 4.78 is 14.1. The molecule has 1 aromatic heterocycles. The molecule has 3 aliphatic rings. The smallest absolute Gasteiger partial charge is 0.335 e. The van der Waals surface area contributed by atoms with Gasteiger partial charge in [0.2, 0.25) is 11.8 Å². The van der Waals surface area contributed by atoms with Crippen LogP contribution in [0.4, 0.5) is 11.4 Å². The molecule has 1 aliphatic carbocycles. The van der Waals surface area contributed by atoms with Gasteiger partial charge >= 0.3 is 5.97 Å². The zero-order chi connectivity index (χ0) is 36.0. The van der Waals surface area contributed by atoms with E-state index in [-0.39, 0.29) is 23.9 Å². The lowest BCUT2D eigenvalue weighted by molar-refractivity contribution is -0.121. The second-order valence-corrected chi connectivity index (χ2v) is 14.0. The highest BCUT2D eigenvalue weighted by Gasteiger charge is 2.28. The fourth-order valence-electron chi connectivity index (χ4n) is 8.06. The van der Waals surface area contributed by atoms with Crippen LogP contribution in [0.3, 0.4) is 0 Å². The average Bonchev–Trinajstić information content (AvgIpc) is 3.75. The zero-order valence-electron chi connectivity index (χ0n) is 29.8. The van der Waals surface area contributed by atoms with Gasteiger partial charge in [-0.05, 0) is 97.3 Å². The number of anilines is 2. The molecule has 0 bridgehead atoms. The van der Waals surface area contributed by atoms with Crippen molar-refractivity contribution in [1.29, 1.82) is 0 Å². The molecular formula is C42H48N4O6. The number of rotatable bonds is 13. The Morgan fingerprint density at radius 2 is 1.75 bits per heavy atom. The maximum absolute atomic E-state index is 13.3. The van der Waals surface area contributed by atoms with Crippen molar-refractivity contribution >= 4 is 40.1 Å². The van der Waals surface area contributed by atoms with Gasteiger partial charge in [-0.2, -0.15) is 0 Å². The van der Waals surface area contributed by atoms with Crippen molar-refractivity contribution < 1.29 is 29.0 Å². The van der Waals surface area contributed by atoms with Gasteiger partial charge in [0.1, 0.15) is 18.9 Å². The number of nitrogens with zero attached hydrogens (tertiary/aromatic N) is 3. The Morgan fingerprint density at radius 3 is 2.46 bits per heavy atom. The number of amides is 2. The van der Waals surface area contributed by atoms with Gasteiger partial charge in [-0.25, -0.2) is 4.79 Å². The fraction of sp³-hybridized carbons (Fsp3) is 0.405. The first-order chi connectivity index (χ1) is 25.4. The number of carbonyl (C=O) groups is 3. The van der Waals surface area contributed by atoms with E-state index in [1.54, 1.807) is 18.2 Å². The van der Waals surface area contributed by atoms with E-state index in [4.69, 9.17) is 9.47 Å². The van der Waals surface area contributed by atoms with Crippen molar-refractivity contribution in [3.05, 3.63) is 90.0 Å². The number of fused-ring (bicyclic) bond motifs is 1. The molecule has 10 heteroatoms. The minimum atomic E-state index is -0.998. The molecule has 0 atom stereocenters. The second-order valence-electron chi connectivity index (χ2n) is 14.0. The third-order valence-corrected chi connectivity index (χ3v) is 10.7. The number of hydrogen-bond donors (Lipinski definition) is 2. The lowest BCUT2D eigenvalue weighted by Gasteiger charge is -2.31. The highest BCUT2D eigenvalue weighted by Crippen LogP contribution is 2.44. The number of hydrogen-bond acceptors (Lipinski definition) is 6. The Labute approximate surface area is 305 Å². The van der Waals surface area contributed by atoms with Crippen LogP contribution in [0.5, 0.6) is 5.75 Å². The molecule has 2 N–H and O–H groups in total. The average molecular weight is 705 g/mol. The summed E-state index contributed by atoms with van der Waals surface area (Å²) in [6.45, 7) is 8.30.